The van der Waals surface area contributed by atoms with E-state index in [9.17, 15) is 14.7 Å². The van der Waals surface area contributed by atoms with E-state index < -0.39 is 5.63 Å². The SMILES string of the molecule is Cc1cc(O)c(-c2csc(-n3nc(-c4c(C)[nH]n(-c5ccccc5)c4=O)cc3C)n2)c(=O)o1. The van der Waals surface area contributed by atoms with Gasteiger partial charge in [-0.15, -0.1) is 11.3 Å². The molecule has 0 saturated carbocycles. The number of H-pyrrole nitrogens is 1. The molecule has 0 fully saturated rings. The normalized spacial score (nSPS) is 11.2. The number of aromatic nitrogens is 5. The largest absolute Gasteiger partial charge is 0.507 e. The number of aryl methyl sites for hydroxylation is 3. The summed E-state index contributed by atoms with van der Waals surface area (Å²) in [5.74, 6) is 0.121. The molecule has 2 N–H and O–H groups in total. The quantitative estimate of drug-likeness (QED) is 0.421. The summed E-state index contributed by atoms with van der Waals surface area (Å²) < 4.78 is 8.19. The molecule has 0 atom stereocenters. The Bertz CT molecular complexity index is 1600. The van der Waals surface area contributed by atoms with Gasteiger partial charge in [0.25, 0.3) is 5.56 Å². The molecule has 0 aliphatic carbocycles. The molecule has 0 aliphatic heterocycles. The summed E-state index contributed by atoms with van der Waals surface area (Å²) in [6, 6.07) is 12.5. The van der Waals surface area contributed by atoms with E-state index in [4.69, 9.17) is 4.42 Å². The Balaban J connectivity index is 1.56. The van der Waals surface area contributed by atoms with Crippen molar-refractivity contribution in [1.29, 1.82) is 0 Å². The van der Waals surface area contributed by atoms with Gasteiger partial charge in [-0.1, -0.05) is 18.2 Å². The third-order valence-corrected chi connectivity index (χ3v) is 6.03. The molecule has 5 rings (SSSR count). The van der Waals surface area contributed by atoms with Crippen LogP contribution in [0.15, 0.2) is 61.9 Å². The first kappa shape index (κ1) is 20.7. The van der Waals surface area contributed by atoms with E-state index in [1.807, 2.05) is 50.2 Å². The molecule has 0 aliphatic rings. The van der Waals surface area contributed by atoms with Crippen molar-refractivity contribution in [2.24, 2.45) is 0 Å². The topological polar surface area (TPSA) is 119 Å². The van der Waals surface area contributed by atoms with Crippen LogP contribution in [0, 0.1) is 20.8 Å². The van der Waals surface area contributed by atoms with Gasteiger partial charge in [0.1, 0.15) is 22.8 Å². The van der Waals surface area contributed by atoms with Crippen molar-refractivity contribution in [1.82, 2.24) is 24.5 Å². The third kappa shape index (κ3) is 3.50. The lowest BCUT2D eigenvalue weighted by molar-refractivity contribution is 0.438. The van der Waals surface area contributed by atoms with Gasteiger partial charge in [0.2, 0.25) is 5.13 Å². The van der Waals surface area contributed by atoms with Crippen LogP contribution < -0.4 is 11.2 Å². The van der Waals surface area contributed by atoms with Crippen LogP contribution in [0.2, 0.25) is 0 Å². The van der Waals surface area contributed by atoms with Crippen LogP contribution in [-0.2, 0) is 0 Å². The van der Waals surface area contributed by atoms with Crippen LogP contribution in [0.5, 0.6) is 5.75 Å². The van der Waals surface area contributed by atoms with E-state index in [1.54, 1.807) is 17.0 Å². The van der Waals surface area contributed by atoms with Crippen LogP contribution in [0.4, 0.5) is 0 Å². The van der Waals surface area contributed by atoms with Gasteiger partial charge in [-0.3, -0.25) is 9.89 Å². The molecular formula is C23H19N5O4S. The molecule has 166 valence electrons. The minimum Gasteiger partial charge on any atom is -0.507 e. The van der Waals surface area contributed by atoms with Crippen LogP contribution in [0.25, 0.3) is 33.3 Å². The van der Waals surface area contributed by atoms with Gasteiger partial charge >= 0.3 is 5.63 Å². The van der Waals surface area contributed by atoms with Gasteiger partial charge in [-0.05, 0) is 39.0 Å². The first-order valence-corrected chi connectivity index (χ1v) is 11.0. The summed E-state index contributed by atoms with van der Waals surface area (Å²) in [5.41, 5.74) is 2.59. The second-order valence-electron chi connectivity index (χ2n) is 7.59. The predicted molar refractivity (Wildman–Crippen MR) is 124 cm³/mol. The Morgan fingerprint density at radius 1 is 1.03 bits per heavy atom. The molecule has 10 heteroatoms. The van der Waals surface area contributed by atoms with E-state index in [0.717, 1.165) is 11.4 Å². The number of nitrogens with one attached hydrogen (secondary N) is 1. The molecule has 1 aromatic carbocycles. The molecule has 0 saturated heterocycles. The number of aromatic amines is 1. The lowest BCUT2D eigenvalue weighted by Gasteiger charge is -2.01. The molecule has 0 amide bonds. The van der Waals surface area contributed by atoms with Gasteiger partial charge in [0.15, 0.2) is 0 Å². The fraction of sp³-hybridized carbons (Fsp3) is 0.130. The summed E-state index contributed by atoms with van der Waals surface area (Å²) in [7, 11) is 0. The molecule has 4 aromatic heterocycles. The zero-order valence-electron chi connectivity index (χ0n) is 18.0. The maximum absolute atomic E-state index is 13.1. The summed E-state index contributed by atoms with van der Waals surface area (Å²) in [6.45, 7) is 5.26. The average Bonchev–Trinajstić information content (AvgIpc) is 3.45. The first-order valence-electron chi connectivity index (χ1n) is 10.1. The van der Waals surface area contributed by atoms with E-state index in [2.05, 4.69) is 15.2 Å². The second kappa shape index (κ2) is 7.75. The van der Waals surface area contributed by atoms with E-state index in [0.29, 0.717) is 33.5 Å². The van der Waals surface area contributed by atoms with E-state index >= 15 is 0 Å². The number of hydrogen-bond acceptors (Lipinski definition) is 7. The van der Waals surface area contributed by atoms with E-state index in [-0.39, 0.29) is 16.9 Å². The number of para-hydroxylation sites is 1. The van der Waals surface area contributed by atoms with Crippen LogP contribution in [0.1, 0.15) is 17.1 Å². The van der Waals surface area contributed by atoms with Crippen LogP contribution in [0.3, 0.4) is 0 Å². The van der Waals surface area contributed by atoms with Crippen molar-refractivity contribution in [3.05, 3.63) is 85.8 Å². The van der Waals surface area contributed by atoms with Crippen LogP contribution in [-0.4, -0.2) is 29.7 Å². The lowest BCUT2D eigenvalue weighted by atomic mass is 10.2. The number of hydrogen-bond donors (Lipinski definition) is 2. The summed E-state index contributed by atoms with van der Waals surface area (Å²) in [6.07, 6.45) is 0. The van der Waals surface area contributed by atoms with Crippen molar-refractivity contribution in [3.63, 3.8) is 0 Å². The fourth-order valence-electron chi connectivity index (χ4n) is 3.71. The number of benzene rings is 1. The predicted octanol–water partition coefficient (Wildman–Crippen LogP) is 3.73. The van der Waals surface area contributed by atoms with Gasteiger partial charge in [-0.25, -0.2) is 19.1 Å². The molecule has 0 radical (unpaired) electrons. The molecule has 0 spiro atoms. The highest BCUT2D eigenvalue weighted by Crippen LogP contribution is 2.30. The van der Waals surface area contributed by atoms with Gasteiger partial charge in [0.05, 0.1) is 16.9 Å². The summed E-state index contributed by atoms with van der Waals surface area (Å²) in [4.78, 5) is 29.8. The molecular weight excluding hydrogens is 442 g/mol. The lowest BCUT2D eigenvalue weighted by Crippen LogP contribution is -2.15. The Morgan fingerprint density at radius 2 is 1.79 bits per heavy atom. The number of thiazole rings is 1. The maximum Gasteiger partial charge on any atom is 0.349 e. The molecule has 33 heavy (non-hydrogen) atoms. The first-order chi connectivity index (χ1) is 15.8. The number of nitrogens with zero attached hydrogens (tertiary/aromatic N) is 4. The maximum atomic E-state index is 13.1. The Kier molecular flexibility index (Phi) is 4.86. The zero-order chi connectivity index (χ0) is 23.3. The highest BCUT2D eigenvalue weighted by molar-refractivity contribution is 7.12. The number of aromatic hydroxyl groups is 1. The summed E-state index contributed by atoms with van der Waals surface area (Å²) in [5, 5.41) is 20.1. The minimum atomic E-state index is -0.661. The van der Waals surface area contributed by atoms with Gasteiger partial charge < -0.3 is 9.52 Å². The smallest absolute Gasteiger partial charge is 0.349 e. The van der Waals surface area contributed by atoms with Crippen molar-refractivity contribution < 1.29 is 9.52 Å². The Labute approximate surface area is 191 Å². The van der Waals surface area contributed by atoms with E-state index in [1.165, 1.54) is 22.1 Å². The second-order valence-corrected chi connectivity index (χ2v) is 8.43. The molecule has 5 aromatic rings. The Morgan fingerprint density at radius 3 is 2.52 bits per heavy atom. The summed E-state index contributed by atoms with van der Waals surface area (Å²) >= 11 is 1.26. The highest BCUT2D eigenvalue weighted by Gasteiger charge is 2.21. The zero-order valence-corrected chi connectivity index (χ0v) is 18.8. The fourth-order valence-corrected chi connectivity index (χ4v) is 4.53. The van der Waals surface area contributed by atoms with Crippen molar-refractivity contribution in [3.8, 4) is 39.1 Å². The van der Waals surface area contributed by atoms with Crippen LogP contribution >= 0.6 is 11.3 Å². The average molecular weight is 462 g/mol. The van der Waals surface area contributed by atoms with Crippen molar-refractivity contribution in [2.75, 3.05) is 0 Å². The standard InChI is InChI=1S/C23H19N5O4S/c1-12-9-16(19-14(3)25-28(21(19)30)15-7-5-4-6-8-15)26-27(12)23-24-17(11-33-23)20-18(29)10-13(2)32-22(20)31/h4-11,25,29H,1-3H3. The van der Waals surface area contributed by atoms with Gasteiger partial charge in [0, 0.05) is 22.8 Å². The molecule has 0 bridgehead atoms. The Hall–Kier alpha value is -4.18. The molecule has 9 nitrogen and oxygen atoms in total. The van der Waals surface area contributed by atoms with Gasteiger partial charge in [-0.2, -0.15) is 5.10 Å². The number of rotatable bonds is 4. The molecule has 0 unspecified atom stereocenters. The highest BCUT2D eigenvalue weighted by atomic mass is 32.1. The minimum absolute atomic E-state index is 0.000332. The van der Waals surface area contributed by atoms with Crippen molar-refractivity contribution >= 4 is 11.3 Å². The molecule has 4 heterocycles. The third-order valence-electron chi connectivity index (χ3n) is 5.21. The van der Waals surface area contributed by atoms with Crippen molar-refractivity contribution in [2.45, 2.75) is 20.8 Å². The monoisotopic (exact) mass is 461 g/mol.